The summed E-state index contributed by atoms with van der Waals surface area (Å²) in [5, 5.41) is 3.27. The summed E-state index contributed by atoms with van der Waals surface area (Å²) < 4.78 is 28.5. The van der Waals surface area contributed by atoms with Crippen molar-refractivity contribution in [2.75, 3.05) is 13.1 Å². The van der Waals surface area contributed by atoms with E-state index in [0.717, 1.165) is 32.2 Å². The van der Waals surface area contributed by atoms with Gasteiger partial charge in [0.05, 0.1) is 4.90 Å². The second-order valence-electron chi connectivity index (χ2n) is 8.99. The minimum absolute atomic E-state index is 0.00895. The molecule has 2 unspecified atom stereocenters. The molecule has 0 radical (unpaired) electrons. The van der Waals surface area contributed by atoms with Gasteiger partial charge in [0.15, 0.2) is 0 Å². The Balaban J connectivity index is 1.62. The summed E-state index contributed by atoms with van der Waals surface area (Å²) in [6.07, 6.45) is 4.01. The van der Waals surface area contributed by atoms with E-state index >= 15 is 0 Å². The van der Waals surface area contributed by atoms with Gasteiger partial charge >= 0.3 is 0 Å². The van der Waals surface area contributed by atoms with E-state index in [2.05, 4.69) is 12.2 Å². The lowest BCUT2D eigenvalue weighted by molar-refractivity contribution is -0.124. The van der Waals surface area contributed by atoms with Crippen LogP contribution in [-0.2, 0) is 21.4 Å². The number of hydrogen-bond acceptors (Lipinski definition) is 4. The largest absolute Gasteiger partial charge is 0.355 e. The van der Waals surface area contributed by atoms with Crippen molar-refractivity contribution in [3.05, 3.63) is 64.7 Å². The average molecular weight is 504 g/mol. The maximum atomic E-state index is 13.6. The third kappa shape index (κ3) is 5.29. The van der Waals surface area contributed by atoms with Crippen LogP contribution in [0.3, 0.4) is 0 Å². The predicted molar refractivity (Wildman–Crippen MR) is 131 cm³/mol. The maximum Gasteiger partial charge on any atom is 0.254 e. The van der Waals surface area contributed by atoms with Crippen molar-refractivity contribution in [3.63, 3.8) is 0 Å². The quantitative estimate of drug-likeness (QED) is 0.649. The Morgan fingerprint density at radius 3 is 2.41 bits per heavy atom. The van der Waals surface area contributed by atoms with E-state index in [1.807, 2.05) is 4.90 Å². The summed E-state index contributed by atoms with van der Waals surface area (Å²) >= 11 is 5.96. The number of carbonyl (C=O) groups excluding carboxylic acids is 2. The summed E-state index contributed by atoms with van der Waals surface area (Å²) in [4.78, 5) is 27.6. The van der Waals surface area contributed by atoms with E-state index in [1.54, 1.807) is 24.3 Å². The summed E-state index contributed by atoms with van der Waals surface area (Å²) in [5.74, 6) is -0.296. The van der Waals surface area contributed by atoms with Crippen LogP contribution in [0.2, 0.25) is 5.02 Å². The summed E-state index contributed by atoms with van der Waals surface area (Å²) in [6, 6.07) is 12.4. The second-order valence-corrected chi connectivity index (χ2v) is 11.3. The number of amides is 2. The molecule has 34 heavy (non-hydrogen) atoms. The van der Waals surface area contributed by atoms with Crippen LogP contribution in [0.1, 0.15) is 54.9 Å². The lowest BCUT2D eigenvalue weighted by atomic mass is 10.1. The molecule has 182 valence electrons. The van der Waals surface area contributed by atoms with E-state index in [-0.39, 0.29) is 29.3 Å². The molecule has 1 N–H and O–H groups in total. The normalized spacial score (nSPS) is 21.4. The van der Waals surface area contributed by atoms with Crippen LogP contribution in [0.25, 0.3) is 0 Å². The van der Waals surface area contributed by atoms with Crippen molar-refractivity contribution in [1.29, 1.82) is 0 Å². The van der Waals surface area contributed by atoms with Crippen molar-refractivity contribution in [2.24, 2.45) is 0 Å². The van der Waals surface area contributed by atoms with Gasteiger partial charge in [-0.2, -0.15) is 4.31 Å². The van der Waals surface area contributed by atoms with Crippen LogP contribution < -0.4 is 5.32 Å². The third-order valence-electron chi connectivity index (χ3n) is 6.63. The van der Waals surface area contributed by atoms with Crippen molar-refractivity contribution < 1.29 is 18.0 Å². The molecule has 0 saturated carbocycles. The number of benzene rings is 2. The van der Waals surface area contributed by atoms with Crippen molar-refractivity contribution in [1.82, 2.24) is 14.5 Å². The molecule has 9 heteroatoms. The number of nitrogens with one attached hydrogen (secondary N) is 1. The Morgan fingerprint density at radius 2 is 1.76 bits per heavy atom. The van der Waals surface area contributed by atoms with Gasteiger partial charge in [-0.15, -0.1) is 0 Å². The van der Waals surface area contributed by atoms with Gasteiger partial charge in [-0.05, 0) is 81.0 Å². The highest BCUT2D eigenvalue weighted by Gasteiger charge is 2.36. The van der Waals surface area contributed by atoms with Crippen LogP contribution in [0.4, 0.5) is 0 Å². The smallest absolute Gasteiger partial charge is 0.254 e. The average Bonchev–Trinajstić information content (AvgIpc) is 3.14. The first-order valence-corrected chi connectivity index (χ1v) is 13.5. The fourth-order valence-electron chi connectivity index (χ4n) is 4.64. The molecule has 0 spiro atoms. The monoisotopic (exact) mass is 503 g/mol. The van der Waals surface area contributed by atoms with Gasteiger partial charge in [-0.25, -0.2) is 8.42 Å². The lowest BCUT2D eigenvalue weighted by Crippen LogP contribution is -2.48. The predicted octanol–water partition coefficient (Wildman–Crippen LogP) is 3.82. The number of hydrogen-bond donors (Lipinski definition) is 1. The Kier molecular flexibility index (Phi) is 7.60. The van der Waals surface area contributed by atoms with Gasteiger partial charge in [-0.1, -0.05) is 23.7 Å². The highest BCUT2D eigenvalue weighted by atomic mass is 35.5. The van der Waals surface area contributed by atoms with Crippen LogP contribution in [0, 0.1) is 0 Å². The van der Waals surface area contributed by atoms with Gasteiger partial charge in [0.1, 0.15) is 6.04 Å². The molecule has 0 aliphatic carbocycles. The van der Waals surface area contributed by atoms with Crippen molar-refractivity contribution >= 4 is 33.4 Å². The first kappa shape index (κ1) is 24.7. The molecule has 2 amide bonds. The second kappa shape index (κ2) is 10.5. The molecule has 2 atom stereocenters. The third-order valence-corrected chi connectivity index (χ3v) is 8.75. The molecule has 2 aromatic rings. The first-order chi connectivity index (χ1) is 16.3. The zero-order valence-electron chi connectivity index (χ0n) is 19.2. The molecular formula is C25H30ClN3O4S. The van der Waals surface area contributed by atoms with Gasteiger partial charge in [0.25, 0.3) is 5.91 Å². The molecule has 2 fully saturated rings. The number of rotatable bonds is 6. The molecule has 0 bridgehead atoms. The van der Waals surface area contributed by atoms with Crippen LogP contribution in [0.15, 0.2) is 53.4 Å². The molecule has 0 aromatic heterocycles. The number of sulfonamides is 1. The highest BCUT2D eigenvalue weighted by Crippen LogP contribution is 2.26. The van der Waals surface area contributed by atoms with Crippen LogP contribution >= 0.6 is 11.6 Å². The zero-order valence-corrected chi connectivity index (χ0v) is 20.8. The molecule has 2 aliphatic rings. The summed E-state index contributed by atoms with van der Waals surface area (Å²) in [6.45, 7) is 3.37. The highest BCUT2D eigenvalue weighted by molar-refractivity contribution is 7.89. The Hall–Kier alpha value is -2.42. The van der Waals surface area contributed by atoms with E-state index in [0.29, 0.717) is 29.1 Å². The molecule has 2 aliphatic heterocycles. The van der Waals surface area contributed by atoms with E-state index < -0.39 is 16.1 Å². The van der Waals surface area contributed by atoms with E-state index in [9.17, 15) is 18.0 Å². The molecule has 4 rings (SSSR count). The molecule has 2 aromatic carbocycles. The van der Waals surface area contributed by atoms with Gasteiger partial charge < -0.3 is 10.2 Å². The molecule has 7 nitrogen and oxygen atoms in total. The number of nitrogens with zero attached hydrogens (tertiary/aromatic N) is 2. The Labute approximate surface area is 206 Å². The minimum atomic E-state index is -3.97. The Morgan fingerprint density at radius 1 is 1.06 bits per heavy atom. The molecule has 2 heterocycles. The maximum absolute atomic E-state index is 13.6. The van der Waals surface area contributed by atoms with Crippen molar-refractivity contribution in [2.45, 2.75) is 62.6 Å². The number of carbonyl (C=O) groups is 2. The van der Waals surface area contributed by atoms with Crippen LogP contribution in [0.5, 0.6) is 0 Å². The van der Waals surface area contributed by atoms with Gasteiger partial charge in [0.2, 0.25) is 15.9 Å². The summed E-state index contributed by atoms with van der Waals surface area (Å²) in [7, 11) is -3.97. The van der Waals surface area contributed by atoms with Crippen molar-refractivity contribution in [3.8, 4) is 0 Å². The Bertz CT molecular complexity index is 1140. The summed E-state index contributed by atoms with van der Waals surface area (Å²) in [5.41, 5.74) is 1.29. The van der Waals surface area contributed by atoms with Gasteiger partial charge in [-0.3, -0.25) is 9.59 Å². The standard InChI is InChI=1S/C25H30ClN3O4S/c1-18-5-4-16-28(18)25(31)20-9-7-19(8-10-20)17-29(23-6-2-3-15-27-24(23)30)34(32,33)22-13-11-21(26)12-14-22/h7-14,18,23H,2-6,15-17H2,1H3,(H,27,30). The first-order valence-electron chi connectivity index (χ1n) is 11.7. The molecule has 2 saturated heterocycles. The zero-order chi connectivity index (χ0) is 24.3. The number of likely N-dealkylation sites (tertiary alicyclic amines) is 1. The fourth-order valence-corrected chi connectivity index (χ4v) is 6.37. The van der Waals surface area contributed by atoms with E-state index in [1.165, 1.54) is 28.6 Å². The minimum Gasteiger partial charge on any atom is -0.355 e. The fraction of sp³-hybridized carbons (Fsp3) is 0.440. The SMILES string of the molecule is CC1CCCN1C(=O)c1ccc(CN(C2CCCCNC2=O)S(=O)(=O)c2ccc(Cl)cc2)cc1. The molecular weight excluding hydrogens is 474 g/mol. The van der Waals surface area contributed by atoms with E-state index in [4.69, 9.17) is 11.6 Å². The lowest BCUT2D eigenvalue weighted by Gasteiger charge is -2.29. The number of halogens is 1. The van der Waals surface area contributed by atoms with Gasteiger partial charge in [0, 0.05) is 36.3 Å². The van der Waals surface area contributed by atoms with Crippen LogP contribution in [-0.4, -0.2) is 54.6 Å². The topological polar surface area (TPSA) is 86.8 Å².